The Morgan fingerprint density at radius 2 is 1.53 bits per heavy atom. The Bertz CT molecular complexity index is 1330. The van der Waals surface area contributed by atoms with Gasteiger partial charge >= 0.3 is 6.18 Å². The topological polar surface area (TPSA) is 34.6 Å². The SMILES string of the molecule is COc1ccccc1-c1csc(N(CCc2ccc(OC(C)(C)C)cc2)Cc2ccc(C(F)(F)F)cc2)n1. The van der Waals surface area contributed by atoms with Crippen molar-refractivity contribution in [3.05, 3.63) is 94.9 Å². The number of nitrogens with zero attached hydrogens (tertiary/aromatic N) is 2. The predicted molar refractivity (Wildman–Crippen MR) is 147 cm³/mol. The molecule has 0 saturated carbocycles. The van der Waals surface area contributed by atoms with Gasteiger partial charge in [0, 0.05) is 24.0 Å². The normalized spacial score (nSPS) is 11.9. The number of aromatic nitrogens is 1. The van der Waals surface area contributed by atoms with E-state index in [1.54, 1.807) is 7.11 Å². The van der Waals surface area contributed by atoms with Crippen LogP contribution < -0.4 is 14.4 Å². The van der Waals surface area contributed by atoms with Crippen molar-refractivity contribution in [3.63, 3.8) is 0 Å². The molecule has 1 heterocycles. The number of benzene rings is 3. The first-order valence-electron chi connectivity index (χ1n) is 12.3. The number of alkyl halides is 3. The summed E-state index contributed by atoms with van der Waals surface area (Å²) in [5.41, 5.74) is 2.67. The quantitative estimate of drug-likeness (QED) is 0.214. The van der Waals surface area contributed by atoms with Crippen LogP contribution >= 0.6 is 11.3 Å². The highest BCUT2D eigenvalue weighted by molar-refractivity contribution is 7.14. The molecule has 0 aliphatic rings. The number of hydrogen-bond donors (Lipinski definition) is 0. The molecule has 4 nitrogen and oxygen atoms in total. The Morgan fingerprint density at radius 1 is 0.868 bits per heavy atom. The maximum absolute atomic E-state index is 13.1. The molecule has 0 spiro atoms. The molecule has 8 heteroatoms. The standard InChI is InChI=1S/C30H31F3N2O2S/c1-29(2,3)37-24-15-11-21(12-16-24)17-18-35(19-22-9-13-23(14-10-22)30(31,32)33)28-34-26(20-38-28)25-7-5-6-8-27(25)36-4/h5-16,20H,17-19H2,1-4H3. The van der Waals surface area contributed by atoms with Gasteiger partial charge in [-0.1, -0.05) is 36.4 Å². The van der Waals surface area contributed by atoms with Crippen molar-refractivity contribution < 1.29 is 22.6 Å². The van der Waals surface area contributed by atoms with Crippen molar-refractivity contribution in [2.45, 2.75) is 45.5 Å². The fraction of sp³-hybridized carbons (Fsp3) is 0.300. The summed E-state index contributed by atoms with van der Waals surface area (Å²) in [7, 11) is 1.63. The number of ether oxygens (including phenoxy) is 2. The zero-order valence-corrected chi connectivity index (χ0v) is 22.7. The highest BCUT2D eigenvalue weighted by Gasteiger charge is 2.30. The van der Waals surface area contributed by atoms with Gasteiger partial charge in [0.1, 0.15) is 17.1 Å². The molecule has 200 valence electrons. The van der Waals surface area contributed by atoms with E-state index in [0.717, 1.165) is 57.6 Å². The van der Waals surface area contributed by atoms with Gasteiger partial charge in [0.15, 0.2) is 5.13 Å². The molecule has 0 unspecified atom stereocenters. The number of methoxy groups -OCH3 is 1. The van der Waals surface area contributed by atoms with Crippen LogP contribution in [0, 0.1) is 0 Å². The smallest absolute Gasteiger partial charge is 0.416 e. The molecule has 0 atom stereocenters. The summed E-state index contributed by atoms with van der Waals surface area (Å²) in [5, 5.41) is 2.77. The first kappa shape index (κ1) is 27.5. The molecule has 0 amide bonds. The lowest BCUT2D eigenvalue weighted by Crippen LogP contribution is -2.25. The Labute approximate surface area is 225 Å². The molecule has 0 saturated heterocycles. The Kier molecular flexibility index (Phi) is 8.31. The molecule has 0 aliphatic carbocycles. The van der Waals surface area contributed by atoms with Gasteiger partial charge in [-0.15, -0.1) is 11.3 Å². The highest BCUT2D eigenvalue weighted by atomic mass is 32.1. The number of halogens is 3. The summed E-state index contributed by atoms with van der Waals surface area (Å²) in [5.74, 6) is 1.54. The van der Waals surface area contributed by atoms with Crippen LogP contribution in [0.25, 0.3) is 11.3 Å². The van der Waals surface area contributed by atoms with Crippen LogP contribution in [0.1, 0.15) is 37.5 Å². The highest BCUT2D eigenvalue weighted by Crippen LogP contribution is 2.34. The van der Waals surface area contributed by atoms with Gasteiger partial charge in [0.2, 0.25) is 0 Å². The van der Waals surface area contributed by atoms with Crippen molar-refractivity contribution in [1.82, 2.24) is 4.98 Å². The van der Waals surface area contributed by atoms with Crippen molar-refractivity contribution in [1.29, 1.82) is 0 Å². The van der Waals surface area contributed by atoms with Crippen molar-refractivity contribution in [3.8, 4) is 22.8 Å². The number of hydrogen-bond acceptors (Lipinski definition) is 5. The summed E-state index contributed by atoms with van der Waals surface area (Å²) in [4.78, 5) is 6.98. The summed E-state index contributed by atoms with van der Waals surface area (Å²) in [6, 6.07) is 21.0. The second kappa shape index (κ2) is 11.5. The minimum atomic E-state index is -4.36. The van der Waals surface area contributed by atoms with E-state index in [2.05, 4.69) is 4.90 Å². The Morgan fingerprint density at radius 3 is 2.16 bits per heavy atom. The lowest BCUT2D eigenvalue weighted by atomic mass is 10.1. The van der Waals surface area contributed by atoms with Crippen LogP contribution in [0.5, 0.6) is 11.5 Å². The molecule has 4 rings (SSSR count). The average molecular weight is 541 g/mol. The van der Waals surface area contributed by atoms with E-state index in [1.165, 1.54) is 23.5 Å². The predicted octanol–water partition coefficient (Wildman–Crippen LogP) is 8.26. The van der Waals surface area contributed by atoms with Crippen molar-refractivity contribution in [2.24, 2.45) is 0 Å². The lowest BCUT2D eigenvalue weighted by molar-refractivity contribution is -0.137. The van der Waals surface area contributed by atoms with Gasteiger partial charge in [0.05, 0.1) is 18.4 Å². The van der Waals surface area contributed by atoms with Crippen LogP contribution in [0.15, 0.2) is 78.2 Å². The molecular weight excluding hydrogens is 509 g/mol. The summed E-state index contributed by atoms with van der Waals surface area (Å²) >= 11 is 1.50. The lowest BCUT2D eigenvalue weighted by Gasteiger charge is -2.23. The van der Waals surface area contributed by atoms with Crippen LogP contribution in [0.4, 0.5) is 18.3 Å². The minimum Gasteiger partial charge on any atom is -0.496 e. The molecule has 4 aromatic rings. The second-order valence-electron chi connectivity index (χ2n) is 9.94. The fourth-order valence-corrected chi connectivity index (χ4v) is 4.85. The summed E-state index contributed by atoms with van der Waals surface area (Å²) in [6.07, 6.45) is -3.62. The Hall–Kier alpha value is -3.52. The molecule has 3 aromatic carbocycles. The zero-order chi connectivity index (χ0) is 27.3. The van der Waals surface area contributed by atoms with Gasteiger partial charge in [-0.25, -0.2) is 4.98 Å². The van der Waals surface area contributed by atoms with Crippen LogP contribution in [0.3, 0.4) is 0 Å². The van der Waals surface area contributed by atoms with Crippen LogP contribution in [-0.2, 0) is 19.1 Å². The van der Waals surface area contributed by atoms with Gasteiger partial charge in [-0.05, 0) is 74.7 Å². The van der Waals surface area contributed by atoms with Crippen LogP contribution in [-0.4, -0.2) is 24.2 Å². The maximum Gasteiger partial charge on any atom is 0.416 e. The third-order valence-electron chi connectivity index (χ3n) is 5.82. The van der Waals surface area contributed by atoms with E-state index in [9.17, 15) is 13.2 Å². The van der Waals surface area contributed by atoms with Crippen LogP contribution in [0.2, 0.25) is 0 Å². The third-order valence-corrected chi connectivity index (χ3v) is 6.72. The van der Waals surface area contributed by atoms with Gasteiger partial charge in [-0.2, -0.15) is 13.2 Å². The van der Waals surface area contributed by atoms with Gasteiger partial charge in [0.25, 0.3) is 0 Å². The summed E-state index contributed by atoms with van der Waals surface area (Å²) < 4.78 is 50.6. The average Bonchev–Trinajstić information content (AvgIpc) is 3.36. The van der Waals surface area contributed by atoms with E-state index < -0.39 is 11.7 Å². The first-order chi connectivity index (χ1) is 18.0. The maximum atomic E-state index is 13.1. The molecular formula is C30H31F3N2O2S. The number of rotatable bonds is 9. The molecule has 1 aromatic heterocycles. The fourth-order valence-electron chi connectivity index (χ4n) is 3.99. The number of para-hydroxylation sites is 1. The monoisotopic (exact) mass is 540 g/mol. The molecule has 0 fully saturated rings. The number of thiazole rings is 1. The zero-order valence-electron chi connectivity index (χ0n) is 21.9. The number of anilines is 1. The van der Waals surface area contributed by atoms with E-state index in [1.807, 2.05) is 74.7 Å². The van der Waals surface area contributed by atoms with E-state index in [4.69, 9.17) is 14.5 Å². The molecule has 0 aliphatic heterocycles. The second-order valence-corrected chi connectivity index (χ2v) is 10.8. The molecule has 0 N–H and O–H groups in total. The molecule has 0 radical (unpaired) electrons. The molecule has 38 heavy (non-hydrogen) atoms. The Balaban J connectivity index is 1.56. The van der Waals surface area contributed by atoms with Gasteiger partial charge < -0.3 is 14.4 Å². The van der Waals surface area contributed by atoms with E-state index in [0.29, 0.717) is 13.1 Å². The third kappa shape index (κ3) is 7.28. The largest absolute Gasteiger partial charge is 0.496 e. The van der Waals surface area contributed by atoms with Gasteiger partial charge in [-0.3, -0.25) is 0 Å². The summed E-state index contributed by atoms with van der Waals surface area (Å²) in [6.45, 7) is 7.09. The first-order valence-corrected chi connectivity index (χ1v) is 13.2. The van der Waals surface area contributed by atoms with Crippen molar-refractivity contribution >= 4 is 16.5 Å². The minimum absolute atomic E-state index is 0.274. The van der Waals surface area contributed by atoms with Crippen molar-refractivity contribution in [2.75, 3.05) is 18.6 Å². The van der Waals surface area contributed by atoms with E-state index >= 15 is 0 Å². The van der Waals surface area contributed by atoms with E-state index in [-0.39, 0.29) is 5.60 Å². The molecule has 0 bridgehead atoms.